The number of carbonyl (C=O) groups is 4. The van der Waals surface area contributed by atoms with Gasteiger partial charge in [0.05, 0.1) is 6.61 Å². The van der Waals surface area contributed by atoms with Crippen molar-refractivity contribution in [1.29, 1.82) is 0 Å². The van der Waals surface area contributed by atoms with Crippen LogP contribution >= 0.6 is 0 Å². The molecule has 418 valence electrons. The van der Waals surface area contributed by atoms with Crippen molar-refractivity contribution in [3.63, 3.8) is 0 Å². The van der Waals surface area contributed by atoms with E-state index in [0.717, 1.165) is 122 Å². The maximum atomic E-state index is 13.1. The summed E-state index contributed by atoms with van der Waals surface area (Å²) in [6.07, 6.45) is 48.7. The summed E-state index contributed by atoms with van der Waals surface area (Å²) >= 11 is 0. The Labute approximate surface area is 442 Å². The number of esters is 3. The number of rotatable bonds is 48. The SMILES string of the molecule is CC/C=C\C/C=C\C/C=C\CCCCCCCCCC(=O)OC1C(OCC(COC(=O)CCCCC/C=C\C/C=C\C/C=C\CC)OC(=O)CCCCCCCCCCCCCCC)OC(C(=O)O)C(O)C1O. The zero-order chi connectivity index (χ0) is 53.3. The summed E-state index contributed by atoms with van der Waals surface area (Å²) in [5, 5.41) is 31.5. The average Bonchev–Trinajstić information content (AvgIpc) is 3.37. The van der Waals surface area contributed by atoms with E-state index in [2.05, 4.69) is 93.7 Å². The van der Waals surface area contributed by atoms with E-state index in [4.69, 9.17) is 23.7 Å². The Kier molecular flexibility index (Phi) is 45.1. The first-order chi connectivity index (χ1) is 35.6. The van der Waals surface area contributed by atoms with E-state index in [0.29, 0.717) is 19.3 Å². The average molecular weight is 1030 g/mol. The number of hydrogen-bond acceptors (Lipinski definition) is 11. The van der Waals surface area contributed by atoms with Crippen LogP contribution in [0.1, 0.15) is 239 Å². The molecule has 0 aliphatic carbocycles. The minimum absolute atomic E-state index is 0.0453. The highest BCUT2D eigenvalue weighted by Crippen LogP contribution is 2.26. The molecule has 6 atom stereocenters. The number of ether oxygens (including phenoxy) is 5. The monoisotopic (exact) mass is 1030 g/mol. The summed E-state index contributed by atoms with van der Waals surface area (Å²) in [5.74, 6) is -3.17. The first-order valence-electron chi connectivity index (χ1n) is 28.9. The van der Waals surface area contributed by atoms with E-state index in [-0.39, 0.29) is 25.9 Å². The van der Waals surface area contributed by atoms with Crippen LogP contribution in [-0.2, 0) is 42.9 Å². The summed E-state index contributed by atoms with van der Waals surface area (Å²) in [5.41, 5.74) is 0. The van der Waals surface area contributed by atoms with E-state index in [9.17, 15) is 34.5 Å². The quantitative estimate of drug-likeness (QED) is 0.0228. The van der Waals surface area contributed by atoms with Crippen LogP contribution in [0, 0.1) is 0 Å². The van der Waals surface area contributed by atoms with Crippen LogP contribution in [0.25, 0.3) is 0 Å². The minimum atomic E-state index is -1.91. The number of aliphatic carboxylic acids is 1. The molecule has 0 aromatic heterocycles. The smallest absolute Gasteiger partial charge is 0.335 e. The largest absolute Gasteiger partial charge is 0.479 e. The Morgan fingerprint density at radius 1 is 0.466 bits per heavy atom. The molecule has 0 saturated carbocycles. The van der Waals surface area contributed by atoms with Gasteiger partial charge in [-0.05, 0) is 83.5 Å². The molecule has 1 heterocycles. The Bertz CT molecular complexity index is 1550. The predicted molar refractivity (Wildman–Crippen MR) is 294 cm³/mol. The van der Waals surface area contributed by atoms with Crippen LogP contribution in [0.5, 0.6) is 0 Å². The molecule has 1 rings (SSSR count). The van der Waals surface area contributed by atoms with Gasteiger partial charge in [0.2, 0.25) is 0 Å². The van der Waals surface area contributed by atoms with Crippen molar-refractivity contribution in [3.05, 3.63) is 72.9 Å². The molecular formula is C61H102O12. The van der Waals surface area contributed by atoms with Gasteiger partial charge in [-0.1, -0.05) is 209 Å². The van der Waals surface area contributed by atoms with Crippen LogP contribution in [0.4, 0.5) is 0 Å². The van der Waals surface area contributed by atoms with E-state index in [1.807, 2.05) is 0 Å². The highest BCUT2D eigenvalue weighted by atomic mass is 16.7. The first-order valence-corrected chi connectivity index (χ1v) is 28.9. The molecule has 0 radical (unpaired) electrons. The molecule has 1 aliphatic rings. The number of aliphatic hydroxyl groups excluding tert-OH is 2. The zero-order valence-corrected chi connectivity index (χ0v) is 45.9. The van der Waals surface area contributed by atoms with Crippen molar-refractivity contribution in [1.82, 2.24) is 0 Å². The van der Waals surface area contributed by atoms with Crippen LogP contribution in [0.15, 0.2) is 72.9 Å². The lowest BCUT2D eigenvalue weighted by molar-refractivity contribution is -0.301. The molecular weight excluding hydrogens is 925 g/mol. The highest BCUT2D eigenvalue weighted by Gasteiger charge is 2.50. The maximum Gasteiger partial charge on any atom is 0.335 e. The van der Waals surface area contributed by atoms with Crippen molar-refractivity contribution >= 4 is 23.9 Å². The van der Waals surface area contributed by atoms with Gasteiger partial charge < -0.3 is 39.0 Å². The number of unbranched alkanes of at least 4 members (excludes halogenated alkanes) is 22. The van der Waals surface area contributed by atoms with Crippen molar-refractivity contribution < 1.29 is 58.2 Å². The topological polar surface area (TPSA) is 175 Å². The number of hydrogen-bond donors (Lipinski definition) is 3. The Balaban J connectivity index is 2.71. The summed E-state index contributed by atoms with van der Waals surface area (Å²) < 4.78 is 28.4. The van der Waals surface area contributed by atoms with Crippen LogP contribution in [-0.4, -0.2) is 89.2 Å². The van der Waals surface area contributed by atoms with Gasteiger partial charge in [0.25, 0.3) is 0 Å². The van der Waals surface area contributed by atoms with Crippen LogP contribution < -0.4 is 0 Å². The first kappa shape index (κ1) is 67.2. The molecule has 0 spiro atoms. The highest BCUT2D eigenvalue weighted by molar-refractivity contribution is 5.74. The van der Waals surface area contributed by atoms with Gasteiger partial charge in [-0.25, -0.2) is 4.79 Å². The van der Waals surface area contributed by atoms with E-state index in [1.54, 1.807) is 0 Å². The molecule has 12 nitrogen and oxygen atoms in total. The molecule has 3 N–H and O–H groups in total. The van der Waals surface area contributed by atoms with Gasteiger partial charge in [-0.3, -0.25) is 14.4 Å². The lowest BCUT2D eigenvalue weighted by atomic mass is 9.98. The van der Waals surface area contributed by atoms with Gasteiger partial charge in [-0.2, -0.15) is 0 Å². The zero-order valence-electron chi connectivity index (χ0n) is 45.9. The molecule has 1 saturated heterocycles. The number of carboxylic acids is 1. The number of carbonyl (C=O) groups excluding carboxylic acids is 3. The second kappa shape index (κ2) is 49.1. The maximum absolute atomic E-state index is 13.1. The molecule has 0 aromatic carbocycles. The third-order valence-corrected chi connectivity index (χ3v) is 12.8. The summed E-state index contributed by atoms with van der Waals surface area (Å²) in [6.45, 7) is 5.74. The second-order valence-corrected chi connectivity index (χ2v) is 19.5. The summed E-state index contributed by atoms with van der Waals surface area (Å²) in [6, 6.07) is 0. The molecule has 0 bridgehead atoms. The molecule has 0 aromatic rings. The van der Waals surface area contributed by atoms with Gasteiger partial charge in [0.15, 0.2) is 24.6 Å². The van der Waals surface area contributed by atoms with Crippen LogP contribution in [0.3, 0.4) is 0 Å². The Morgan fingerprint density at radius 3 is 1.33 bits per heavy atom. The third kappa shape index (κ3) is 39.3. The molecule has 73 heavy (non-hydrogen) atoms. The van der Waals surface area contributed by atoms with Crippen molar-refractivity contribution in [2.45, 2.75) is 276 Å². The lowest BCUT2D eigenvalue weighted by Gasteiger charge is -2.40. The Hall–Kier alpha value is -3.84. The fourth-order valence-electron chi connectivity index (χ4n) is 8.40. The fraction of sp³-hybridized carbons (Fsp3) is 0.738. The predicted octanol–water partition coefficient (Wildman–Crippen LogP) is 14.6. The van der Waals surface area contributed by atoms with E-state index >= 15 is 0 Å². The molecule has 0 amide bonds. The standard InChI is InChI=1S/C61H102O12/c1-4-7-10-13-16-19-22-25-26-27-28-31-34-37-40-43-46-49-55(64)72-59-57(66)56(65)58(60(67)68)73-61(59)70-51-52(71-54(63)48-45-42-39-36-33-30-24-21-18-15-12-9-6-3)50-69-53(62)47-44-41-38-35-32-29-23-20-17-14-11-8-5-2/h7-8,10-11,16-17,19-20,25-26,29,32,52,56-59,61,65-66H,4-6,9,12-15,18,21-24,27-28,30-31,33-51H2,1-3H3,(H,67,68)/b10-7-,11-8-,19-16-,20-17-,26-25-,32-29-. The third-order valence-electron chi connectivity index (χ3n) is 12.8. The molecule has 1 fully saturated rings. The fourth-order valence-corrected chi connectivity index (χ4v) is 8.40. The summed E-state index contributed by atoms with van der Waals surface area (Å²) in [7, 11) is 0. The van der Waals surface area contributed by atoms with Crippen molar-refractivity contribution in [3.8, 4) is 0 Å². The lowest BCUT2D eigenvalue weighted by Crippen LogP contribution is -2.61. The second-order valence-electron chi connectivity index (χ2n) is 19.5. The van der Waals surface area contributed by atoms with Crippen molar-refractivity contribution in [2.24, 2.45) is 0 Å². The van der Waals surface area contributed by atoms with Gasteiger partial charge in [0.1, 0.15) is 18.8 Å². The van der Waals surface area contributed by atoms with Crippen molar-refractivity contribution in [2.75, 3.05) is 13.2 Å². The van der Waals surface area contributed by atoms with Gasteiger partial charge in [-0.15, -0.1) is 0 Å². The van der Waals surface area contributed by atoms with Gasteiger partial charge >= 0.3 is 23.9 Å². The molecule has 12 heteroatoms. The number of allylic oxidation sites excluding steroid dienone is 12. The number of aliphatic hydroxyl groups is 2. The Morgan fingerprint density at radius 2 is 0.863 bits per heavy atom. The normalized spacial score (nSPS) is 18.8. The summed E-state index contributed by atoms with van der Waals surface area (Å²) in [4.78, 5) is 51.0. The number of carboxylic acid groups (broad SMARTS) is 1. The van der Waals surface area contributed by atoms with E-state index in [1.165, 1.54) is 57.8 Å². The molecule has 6 unspecified atom stereocenters. The molecule has 1 aliphatic heterocycles. The van der Waals surface area contributed by atoms with E-state index < -0.39 is 67.3 Å². The minimum Gasteiger partial charge on any atom is -0.479 e. The van der Waals surface area contributed by atoms with Gasteiger partial charge in [0, 0.05) is 19.3 Å². The van der Waals surface area contributed by atoms with Crippen LogP contribution in [0.2, 0.25) is 0 Å².